The molecule has 1 saturated heterocycles. The zero-order chi connectivity index (χ0) is 19.2. The van der Waals surface area contributed by atoms with Gasteiger partial charge in [-0.25, -0.2) is 4.79 Å². The van der Waals surface area contributed by atoms with Crippen LogP contribution in [0.2, 0.25) is 0 Å². The third-order valence-electron chi connectivity index (χ3n) is 4.73. The van der Waals surface area contributed by atoms with Crippen LogP contribution in [0.15, 0.2) is 42.6 Å². The van der Waals surface area contributed by atoms with E-state index in [9.17, 15) is 9.59 Å². The maximum absolute atomic E-state index is 12.4. The number of likely N-dealkylation sites (tertiary alicyclic amines) is 1. The molecule has 0 unspecified atom stereocenters. The van der Waals surface area contributed by atoms with Crippen LogP contribution in [0.3, 0.4) is 0 Å². The molecule has 1 aromatic carbocycles. The van der Waals surface area contributed by atoms with Gasteiger partial charge in [0.1, 0.15) is 11.4 Å². The first-order valence-corrected chi connectivity index (χ1v) is 8.78. The Kier molecular flexibility index (Phi) is 5.77. The number of hydrogen-bond acceptors (Lipinski definition) is 5. The Morgan fingerprint density at radius 1 is 1.19 bits per heavy atom. The van der Waals surface area contributed by atoms with Crippen molar-refractivity contribution in [1.82, 2.24) is 9.47 Å². The highest BCUT2D eigenvalue weighted by atomic mass is 16.5. The van der Waals surface area contributed by atoms with Crippen molar-refractivity contribution in [3.63, 3.8) is 0 Å². The molecule has 1 aliphatic rings. The molecule has 0 N–H and O–H groups in total. The molecule has 7 nitrogen and oxygen atoms in total. The highest BCUT2D eigenvalue weighted by Gasteiger charge is 2.26. The monoisotopic (exact) mass is 367 g/mol. The number of aromatic nitrogens is 1. The van der Waals surface area contributed by atoms with Gasteiger partial charge in [0.25, 0.3) is 5.91 Å². The number of carbonyl (C=O) groups is 2. The predicted octanol–water partition coefficient (Wildman–Crippen LogP) is 2.39. The molecule has 27 heavy (non-hydrogen) atoms. The van der Waals surface area contributed by atoms with Crippen molar-refractivity contribution in [3.05, 3.63) is 53.9 Å². The number of nitriles is 1. The molecule has 0 spiro atoms. The molecule has 0 atom stereocenters. The number of amides is 1. The molecule has 3 rings (SSSR count). The van der Waals surface area contributed by atoms with Crippen LogP contribution in [0.5, 0.6) is 5.75 Å². The lowest BCUT2D eigenvalue weighted by molar-refractivity contribution is -0.134. The van der Waals surface area contributed by atoms with Crippen LogP contribution < -0.4 is 4.74 Å². The molecule has 2 heterocycles. The van der Waals surface area contributed by atoms with E-state index in [4.69, 9.17) is 14.7 Å². The minimum atomic E-state index is -0.352. The predicted molar refractivity (Wildman–Crippen MR) is 97.3 cm³/mol. The van der Waals surface area contributed by atoms with E-state index in [1.807, 2.05) is 22.9 Å². The summed E-state index contributed by atoms with van der Waals surface area (Å²) in [4.78, 5) is 26.0. The average Bonchev–Trinajstić information content (AvgIpc) is 3.22. The molecule has 2 aromatic rings. The molecule has 0 saturated carbocycles. The van der Waals surface area contributed by atoms with Gasteiger partial charge in [-0.2, -0.15) is 5.26 Å². The largest absolute Gasteiger partial charge is 0.484 e. The van der Waals surface area contributed by atoms with E-state index in [0.717, 1.165) is 12.8 Å². The van der Waals surface area contributed by atoms with Gasteiger partial charge in [-0.15, -0.1) is 0 Å². The minimum absolute atomic E-state index is 0.0342. The zero-order valence-corrected chi connectivity index (χ0v) is 15.1. The van der Waals surface area contributed by atoms with Crippen LogP contribution in [0.4, 0.5) is 0 Å². The van der Waals surface area contributed by atoms with Crippen molar-refractivity contribution < 1.29 is 19.1 Å². The normalized spacial score (nSPS) is 14.4. The van der Waals surface area contributed by atoms with E-state index in [1.165, 1.54) is 7.11 Å². The van der Waals surface area contributed by atoms with Crippen molar-refractivity contribution in [2.75, 3.05) is 26.8 Å². The molecule has 7 heteroatoms. The van der Waals surface area contributed by atoms with Gasteiger partial charge in [-0.3, -0.25) is 4.79 Å². The summed E-state index contributed by atoms with van der Waals surface area (Å²) in [5.74, 6) is 0.139. The average molecular weight is 367 g/mol. The number of hydrogen-bond donors (Lipinski definition) is 0. The third-order valence-corrected chi connectivity index (χ3v) is 4.73. The van der Waals surface area contributed by atoms with Gasteiger partial charge in [0.05, 0.1) is 18.7 Å². The molecule has 1 aliphatic heterocycles. The number of methoxy groups -OCH3 is 1. The Morgan fingerprint density at radius 3 is 2.52 bits per heavy atom. The number of rotatable bonds is 5. The number of nitrogens with zero attached hydrogens (tertiary/aromatic N) is 3. The van der Waals surface area contributed by atoms with E-state index < -0.39 is 0 Å². The Labute approximate surface area is 157 Å². The van der Waals surface area contributed by atoms with Gasteiger partial charge in [0.15, 0.2) is 6.61 Å². The molecule has 0 radical (unpaired) electrons. The van der Waals surface area contributed by atoms with E-state index >= 15 is 0 Å². The summed E-state index contributed by atoms with van der Waals surface area (Å²) in [5.41, 5.74) is 1.08. The smallest absolute Gasteiger partial charge is 0.354 e. The van der Waals surface area contributed by atoms with E-state index in [-0.39, 0.29) is 24.5 Å². The van der Waals surface area contributed by atoms with Crippen molar-refractivity contribution >= 4 is 11.9 Å². The Bertz CT molecular complexity index is 843. The van der Waals surface area contributed by atoms with Crippen molar-refractivity contribution in [3.8, 4) is 11.8 Å². The lowest BCUT2D eigenvalue weighted by Gasteiger charge is -2.33. The zero-order valence-electron chi connectivity index (χ0n) is 15.1. The molecule has 1 fully saturated rings. The molecule has 1 amide bonds. The first-order valence-electron chi connectivity index (χ1n) is 8.78. The van der Waals surface area contributed by atoms with Crippen LogP contribution >= 0.6 is 0 Å². The molecular weight excluding hydrogens is 346 g/mol. The summed E-state index contributed by atoms with van der Waals surface area (Å²) in [6.45, 7) is 1.19. The number of ether oxygens (including phenoxy) is 2. The number of carbonyl (C=O) groups excluding carboxylic acids is 2. The van der Waals surface area contributed by atoms with Gasteiger partial charge in [0.2, 0.25) is 0 Å². The SMILES string of the molecule is COC(=O)c1cccn1C1CCN(C(=O)COc2ccc(C#N)cc2)CC1. The second-order valence-electron chi connectivity index (χ2n) is 6.33. The van der Waals surface area contributed by atoms with Gasteiger partial charge < -0.3 is 18.9 Å². The lowest BCUT2D eigenvalue weighted by Crippen LogP contribution is -2.41. The quantitative estimate of drug-likeness (QED) is 0.758. The van der Waals surface area contributed by atoms with E-state index in [2.05, 4.69) is 0 Å². The molecule has 1 aromatic heterocycles. The van der Waals surface area contributed by atoms with Gasteiger partial charge in [0, 0.05) is 25.3 Å². The van der Waals surface area contributed by atoms with Crippen molar-refractivity contribution in [1.29, 1.82) is 5.26 Å². The standard InChI is InChI=1S/C20H21N3O4/c1-26-20(25)18-3-2-10-23(18)16-8-11-22(12-9-16)19(24)14-27-17-6-4-15(13-21)5-7-17/h2-7,10,16H,8-9,11-12,14H2,1H3. The Morgan fingerprint density at radius 2 is 1.89 bits per heavy atom. The Hall–Kier alpha value is -3.27. The highest BCUT2D eigenvalue weighted by molar-refractivity contribution is 5.87. The van der Waals surface area contributed by atoms with Crippen LogP contribution in [0.25, 0.3) is 0 Å². The van der Waals surface area contributed by atoms with Gasteiger partial charge >= 0.3 is 5.97 Å². The van der Waals surface area contributed by atoms with Gasteiger partial charge in [-0.1, -0.05) is 0 Å². The van der Waals surface area contributed by atoms with Crippen molar-refractivity contribution in [2.45, 2.75) is 18.9 Å². The second kappa shape index (κ2) is 8.41. The van der Waals surface area contributed by atoms with E-state index in [1.54, 1.807) is 35.2 Å². The fraction of sp³-hybridized carbons (Fsp3) is 0.350. The molecule has 0 bridgehead atoms. The van der Waals surface area contributed by atoms with Crippen LogP contribution in [-0.2, 0) is 9.53 Å². The molecular formula is C20H21N3O4. The molecule has 0 aliphatic carbocycles. The minimum Gasteiger partial charge on any atom is -0.484 e. The third kappa shape index (κ3) is 4.29. The summed E-state index contributed by atoms with van der Waals surface area (Å²) in [6, 6.07) is 12.4. The van der Waals surface area contributed by atoms with Crippen LogP contribution in [-0.4, -0.2) is 48.1 Å². The molecule has 140 valence electrons. The van der Waals surface area contributed by atoms with Crippen LogP contribution in [0.1, 0.15) is 34.9 Å². The maximum atomic E-state index is 12.4. The number of esters is 1. The summed E-state index contributed by atoms with van der Waals surface area (Å²) in [6.07, 6.45) is 3.41. The summed E-state index contributed by atoms with van der Waals surface area (Å²) < 4.78 is 12.3. The summed E-state index contributed by atoms with van der Waals surface area (Å²) in [7, 11) is 1.37. The Balaban J connectivity index is 1.51. The highest BCUT2D eigenvalue weighted by Crippen LogP contribution is 2.25. The maximum Gasteiger partial charge on any atom is 0.354 e. The van der Waals surface area contributed by atoms with Crippen molar-refractivity contribution in [2.24, 2.45) is 0 Å². The summed E-state index contributed by atoms with van der Waals surface area (Å²) in [5, 5.41) is 8.79. The number of piperidine rings is 1. The lowest BCUT2D eigenvalue weighted by atomic mass is 10.0. The second-order valence-corrected chi connectivity index (χ2v) is 6.33. The van der Waals surface area contributed by atoms with Gasteiger partial charge in [-0.05, 0) is 49.2 Å². The topological polar surface area (TPSA) is 84.6 Å². The fourth-order valence-corrected chi connectivity index (χ4v) is 3.25. The first kappa shape index (κ1) is 18.5. The fourth-order valence-electron chi connectivity index (χ4n) is 3.25. The van der Waals surface area contributed by atoms with Crippen LogP contribution in [0, 0.1) is 11.3 Å². The van der Waals surface area contributed by atoms with E-state index in [0.29, 0.717) is 30.1 Å². The first-order chi connectivity index (χ1) is 13.1. The number of benzene rings is 1. The summed E-state index contributed by atoms with van der Waals surface area (Å²) >= 11 is 0.